The quantitative estimate of drug-likeness (QED) is 0.891. The molecular weight excluding hydrogens is 246 g/mol. The molecule has 0 amide bonds. The van der Waals surface area contributed by atoms with Crippen molar-refractivity contribution in [2.75, 3.05) is 4.90 Å². The maximum atomic E-state index is 4.81. The summed E-state index contributed by atoms with van der Waals surface area (Å²) in [6.45, 7) is 7.73. The predicted molar refractivity (Wildman–Crippen MR) is 84.1 cm³/mol. The third-order valence-electron chi connectivity index (χ3n) is 4.69. The minimum Gasteiger partial charge on any atom is -0.351 e. The first kappa shape index (κ1) is 13.9. The van der Waals surface area contributed by atoms with Gasteiger partial charge in [-0.3, -0.25) is 0 Å². The average molecular weight is 273 g/mol. The molecule has 110 valence electrons. The Kier molecular flexibility index (Phi) is 3.97. The van der Waals surface area contributed by atoms with E-state index in [4.69, 9.17) is 4.98 Å². The Hall–Kier alpha value is -1.09. The van der Waals surface area contributed by atoms with Crippen LogP contribution in [-0.2, 0) is 6.54 Å². The topological polar surface area (TPSA) is 28.2 Å². The molecule has 1 aliphatic heterocycles. The predicted octanol–water partition coefficient (Wildman–Crippen LogP) is 3.41. The first-order valence-electron chi connectivity index (χ1n) is 8.16. The number of aromatic nitrogens is 1. The van der Waals surface area contributed by atoms with Crippen molar-refractivity contribution in [3.8, 4) is 0 Å². The van der Waals surface area contributed by atoms with E-state index in [1.54, 1.807) is 0 Å². The van der Waals surface area contributed by atoms with Crippen LogP contribution in [0.2, 0.25) is 0 Å². The van der Waals surface area contributed by atoms with Gasteiger partial charge in [0.15, 0.2) is 0 Å². The van der Waals surface area contributed by atoms with E-state index >= 15 is 0 Å². The van der Waals surface area contributed by atoms with Crippen molar-refractivity contribution >= 4 is 5.82 Å². The molecule has 1 aliphatic carbocycles. The van der Waals surface area contributed by atoms with Gasteiger partial charge in [0.2, 0.25) is 0 Å². The van der Waals surface area contributed by atoms with Crippen molar-refractivity contribution in [2.45, 2.75) is 77.5 Å². The van der Waals surface area contributed by atoms with E-state index in [0.717, 1.165) is 18.3 Å². The first-order valence-corrected chi connectivity index (χ1v) is 8.16. The van der Waals surface area contributed by atoms with Crippen molar-refractivity contribution in [2.24, 2.45) is 0 Å². The molecule has 1 aromatic heterocycles. The van der Waals surface area contributed by atoms with Gasteiger partial charge in [0, 0.05) is 30.4 Å². The lowest BCUT2D eigenvalue weighted by molar-refractivity contribution is 0.618. The normalized spacial score (nSPS) is 26.2. The van der Waals surface area contributed by atoms with Crippen molar-refractivity contribution < 1.29 is 0 Å². The Bertz CT molecular complexity index is 467. The number of nitrogens with one attached hydrogen (secondary N) is 1. The van der Waals surface area contributed by atoms with Gasteiger partial charge in [-0.15, -0.1) is 0 Å². The van der Waals surface area contributed by atoms with Crippen LogP contribution in [0.4, 0.5) is 5.82 Å². The highest BCUT2D eigenvalue weighted by atomic mass is 15.3. The SMILES string of the molecule is CCC1CCC(C)N1c1cc(CNC2CC2)cc(C)n1. The first-order chi connectivity index (χ1) is 9.67. The highest BCUT2D eigenvalue weighted by molar-refractivity contribution is 5.46. The zero-order valence-electron chi connectivity index (χ0n) is 13.0. The zero-order chi connectivity index (χ0) is 14.1. The van der Waals surface area contributed by atoms with Crippen LogP contribution in [0.3, 0.4) is 0 Å². The Balaban J connectivity index is 1.80. The van der Waals surface area contributed by atoms with Crippen molar-refractivity contribution in [1.82, 2.24) is 10.3 Å². The molecule has 0 aromatic carbocycles. The summed E-state index contributed by atoms with van der Waals surface area (Å²) in [5, 5.41) is 3.61. The standard InChI is InChI=1S/C17H27N3/c1-4-16-8-5-13(3)20(16)17-10-14(9-12(2)19-17)11-18-15-6-7-15/h9-10,13,15-16,18H,4-8,11H2,1-3H3. The fourth-order valence-electron chi connectivity index (χ4n) is 3.39. The molecule has 0 spiro atoms. The summed E-state index contributed by atoms with van der Waals surface area (Å²) >= 11 is 0. The number of pyridine rings is 1. The molecule has 20 heavy (non-hydrogen) atoms. The second-order valence-corrected chi connectivity index (χ2v) is 6.53. The summed E-state index contributed by atoms with van der Waals surface area (Å²) in [4.78, 5) is 7.35. The van der Waals surface area contributed by atoms with E-state index in [2.05, 4.69) is 43.1 Å². The summed E-state index contributed by atoms with van der Waals surface area (Å²) in [7, 11) is 0. The summed E-state index contributed by atoms with van der Waals surface area (Å²) < 4.78 is 0. The van der Waals surface area contributed by atoms with Gasteiger partial charge in [-0.05, 0) is 63.6 Å². The number of aryl methyl sites for hydroxylation is 1. The number of anilines is 1. The summed E-state index contributed by atoms with van der Waals surface area (Å²) in [6.07, 6.45) is 6.51. The highest BCUT2D eigenvalue weighted by Crippen LogP contribution is 2.31. The van der Waals surface area contributed by atoms with Gasteiger partial charge >= 0.3 is 0 Å². The number of rotatable bonds is 5. The second-order valence-electron chi connectivity index (χ2n) is 6.53. The lowest BCUT2D eigenvalue weighted by Gasteiger charge is -2.29. The molecule has 1 saturated heterocycles. The number of hydrogen-bond acceptors (Lipinski definition) is 3. The molecule has 2 atom stereocenters. The average Bonchev–Trinajstić information content (AvgIpc) is 3.17. The molecule has 0 bridgehead atoms. The smallest absolute Gasteiger partial charge is 0.129 e. The van der Waals surface area contributed by atoms with Gasteiger partial charge < -0.3 is 10.2 Å². The summed E-state index contributed by atoms with van der Waals surface area (Å²) in [5.41, 5.74) is 2.53. The third-order valence-corrected chi connectivity index (χ3v) is 4.69. The van der Waals surface area contributed by atoms with Gasteiger partial charge in [0.05, 0.1) is 0 Å². The minimum absolute atomic E-state index is 0.624. The molecule has 3 nitrogen and oxygen atoms in total. The van der Waals surface area contributed by atoms with E-state index in [1.807, 2.05) is 0 Å². The number of nitrogens with zero attached hydrogens (tertiary/aromatic N) is 2. The van der Waals surface area contributed by atoms with E-state index in [9.17, 15) is 0 Å². The van der Waals surface area contributed by atoms with Gasteiger partial charge in [-0.2, -0.15) is 0 Å². The van der Waals surface area contributed by atoms with E-state index in [-0.39, 0.29) is 0 Å². The fourth-order valence-corrected chi connectivity index (χ4v) is 3.39. The molecule has 0 radical (unpaired) electrons. The monoisotopic (exact) mass is 273 g/mol. The molecule has 2 unspecified atom stereocenters. The zero-order valence-corrected chi connectivity index (χ0v) is 13.0. The second kappa shape index (κ2) is 5.72. The molecule has 3 heteroatoms. The maximum Gasteiger partial charge on any atom is 0.129 e. The minimum atomic E-state index is 0.624. The highest BCUT2D eigenvalue weighted by Gasteiger charge is 2.30. The molecule has 1 saturated carbocycles. The third kappa shape index (κ3) is 2.98. The molecule has 3 rings (SSSR count). The molecule has 1 aromatic rings. The van der Waals surface area contributed by atoms with E-state index < -0.39 is 0 Å². The lowest BCUT2D eigenvalue weighted by atomic mass is 10.1. The van der Waals surface area contributed by atoms with E-state index in [1.165, 1.54) is 43.5 Å². The van der Waals surface area contributed by atoms with Crippen LogP contribution in [0.15, 0.2) is 12.1 Å². The van der Waals surface area contributed by atoms with Crippen molar-refractivity contribution in [3.05, 3.63) is 23.4 Å². The van der Waals surface area contributed by atoms with Crippen LogP contribution < -0.4 is 10.2 Å². The van der Waals surface area contributed by atoms with Crippen LogP contribution in [-0.4, -0.2) is 23.1 Å². The molecular formula is C17H27N3. The molecule has 2 aliphatic rings. The van der Waals surface area contributed by atoms with Gasteiger partial charge in [-0.25, -0.2) is 4.98 Å². The van der Waals surface area contributed by atoms with Gasteiger partial charge in [0.25, 0.3) is 0 Å². The largest absolute Gasteiger partial charge is 0.351 e. The molecule has 1 N–H and O–H groups in total. The Morgan fingerprint density at radius 1 is 1.25 bits per heavy atom. The fraction of sp³-hybridized carbons (Fsp3) is 0.706. The molecule has 2 fully saturated rings. The van der Waals surface area contributed by atoms with Crippen LogP contribution in [0.1, 0.15) is 57.2 Å². The summed E-state index contributed by atoms with van der Waals surface area (Å²) in [5.74, 6) is 1.19. The van der Waals surface area contributed by atoms with Crippen molar-refractivity contribution in [1.29, 1.82) is 0 Å². The van der Waals surface area contributed by atoms with Crippen LogP contribution >= 0.6 is 0 Å². The number of hydrogen-bond donors (Lipinski definition) is 1. The Morgan fingerprint density at radius 2 is 2.05 bits per heavy atom. The Labute approximate surface area is 122 Å². The van der Waals surface area contributed by atoms with Crippen LogP contribution in [0.5, 0.6) is 0 Å². The molecule has 2 heterocycles. The van der Waals surface area contributed by atoms with Gasteiger partial charge in [-0.1, -0.05) is 6.92 Å². The lowest BCUT2D eigenvalue weighted by Crippen LogP contribution is -2.35. The van der Waals surface area contributed by atoms with Crippen molar-refractivity contribution in [3.63, 3.8) is 0 Å². The van der Waals surface area contributed by atoms with Crippen LogP contribution in [0.25, 0.3) is 0 Å². The van der Waals surface area contributed by atoms with E-state index in [0.29, 0.717) is 12.1 Å². The summed E-state index contributed by atoms with van der Waals surface area (Å²) in [6, 6.07) is 6.58. The van der Waals surface area contributed by atoms with Gasteiger partial charge in [0.1, 0.15) is 5.82 Å². The Morgan fingerprint density at radius 3 is 2.75 bits per heavy atom. The van der Waals surface area contributed by atoms with Crippen LogP contribution in [0, 0.1) is 6.92 Å². The maximum absolute atomic E-state index is 4.81.